The minimum Gasteiger partial charge on any atom is -0.384 e. The molecular weight excluding hydrogens is 424 g/mol. The number of aromatic nitrogens is 1. The minimum atomic E-state index is -3.72. The number of hydrogen-bond acceptors (Lipinski definition) is 4. The van der Waals surface area contributed by atoms with Crippen molar-refractivity contribution in [2.24, 2.45) is 5.73 Å². The van der Waals surface area contributed by atoms with Gasteiger partial charge >= 0.3 is 0 Å². The van der Waals surface area contributed by atoms with Crippen LogP contribution in [0.2, 0.25) is 0 Å². The highest BCUT2D eigenvalue weighted by atomic mass is 32.2. The number of nitrogens with one attached hydrogen (secondary N) is 2. The summed E-state index contributed by atoms with van der Waals surface area (Å²) in [5.41, 5.74) is 8.20. The fraction of sp³-hybridized carbons (Fsp3) is 0.167. The van der Waals surface area contributed by atoms with Crippen LogP contribution in [0.25, 0.3) is 0 Å². The maximum absolute atomic E-state index is 12.9. The third-order valence-corrected chi connectivity index (χ3v) is 6.17. The molecule has 0 atom stereocenters. The molecule has 8 heteroatoms. The van der Waals surface area contributed by atoms with Gasteiger partial charge in [0, 0.05) is 17.8 Å². The molecule has 0 saturated carbocycles. The molecule has 0 aliphatic rings. The van der Waals surface area contributed by atoms with Gasteiger partial charge in [0.05, 0.1) is 5.75 Å². The molecule has 3 aromatic rings. The van der Waals surface area contributed by atoms with Crippen LogP contribution in [0.15, 0.2) is 83.7 Å². The Morgan fingerprint density at radius 2 is 1.69 bits per heavy atom. The van der Waals surface area contributed by atoms with Gasteiger partial charge in [-0.3, -0.25) is 14.9 Å². The second-order valence-electron chi connectivity index (χ2n) is 7.44. The van der Waals surface area contributed by atoms with Crippen molar-refractivity contribution in [3.63, 3.8) is 0 Å². The van der Waals surface area contributed by atoms with Crippen LogP contribution in [0.1, 0.15) is 22.4 Å². The summed E-state index contributed by atoms with van der Waals surface area (Å²) in [4.78, 5) is 12.9. The van der Waals surface area contributed by atoms with Gasteiger partial charge in [-0.15, -0.1) is 0 Å². The van der Waals surface area contributed by atoms with E-state index >= 15 is 0 Å². The third-order valence-electron chi connectivity index (χ3n) is 4.93. The van der Waals surface area contributed by atoms with E-state index in [2.05, 4.69) is 4.72 Å². The van der Waals surface area contributed by atoms with Crippen molar-refractivity contribution in [2.45, 2.75) is 25.6 Å². The highest BCUT2D eigenvalue weighted by molar-refractivity contribution is 7.91. The molecule has 0 aliphatic heterocycles. The number of allylic oxidation sites excluding steroid dienone is 2. The highest BCUT2D eigenvalue weighted by Crippen LogP contribution is 2.11. The van der Waals surface area contributed by atoms with E-state index in [4.69, 9.17) is 11.1 Å². The van der Waals surface area contributed by atoms with Gasteiger partial charge in [0.25, 0.3) is 5.56 Å². The van der Waals surface area contributed by atoms with Crippen LogP contribution in [0.5, 0.6) is 0 Å². The number of rotatable bonds is 9. The van der Waals surface area contributed by atoms with Crippen molar-refractivity contribution >= 4 is 21.5 Å². The Morgan fingerprint density at radius 1 is 1.00 bits per heavy atom. The highest BCUT2D eigenvalue weighted by Gasteiger charge is 2.15. The fourth-order valence-electron chi connectivity index (χ4n) is 3.19. The number of benzene rings is 2. The molecule has 0 unspecified atom stereocenters. The average molecular weight is 451 g/mol. The zero-order valence-electron chi connectivity index (χ0n) is 17.8. The number of amidine groups is 1. The van der Waals surface area contributed by atoms with E-state index in [0.29, 0.717) is 24.1 Å². The standard InChI is InChI=1S/C24H26N4O3S/c1-18-10-15-22(27-32(30,31)17-20-8-3-2-4-9-20)24(29)28(18)16-6-5-7-19-11-13-21(14-12-19)23(25)26/h2-6,8-15,27H,7,16-17H2,1H3,(H3,25,26). The Labute approximate surface area is 187 Å². The first-order valence-corrected chi connectivity index (χ1v) is 11.7. The molecule has 0 aliphatic carbocycles. The number of nitrogens with zero attached hydrogens (tertiary/aromatic N) is 1. The molecule has 4 N–H and O–H groups in total. The fourth-order valence-corrected chi connectivity index (χ4v) is 4.39. The molecule has 1 aromatic heterocycles. The summed E-state index contributed by atoms with van der Waals surface area (Å²) in [6, 6.07) is 19.4. The van der Waals surface area contributed by atoms with Crippen LogP contribution in [-0.4, -0.2) is 18.8 Å². The molecule has 0 amide bonds. The first-order valence-electron chi connectivity index (χ1n) is 10.1. The molecule has 166 valence electrons. The smallest absolute Gasteiger partial charge is 0.275 e. The molecule has 7 nitrogen and oxygen atoms in total. The number of pyridine rings is 1. The Bertz CT molecular complexity index is 1280. The lowest BCUT2D eigenvalue weighted by Gasteiger charge is -2.12. The van der Waals surface area contributed by atoms with Gasteiger partial charge in [-0.25, -0.2) is 8.42 Å². The third kappa shape index (κ3) is 6.18. The average Bonchev–Trinajstić information content (AvgIpc) is 2.76. The maximum Gasteiger partial charge on any atom is 0.275 e. The first-order chi connectivity index (χ1) is 15.2. The summed E-state index contributed by atoms with van der Waals surface area (Å²) >= 11 is 0. The van der Waals surface area contributed by atoms with Crippen LogP contribution < -0.4 is 16.0 Å². The zero-order chi connectivity index (χ0) is 23.1. The van der Waals surface area contributed by atoms with Crippen molar-refractivity contribution in [3.05, 3.63) is 112 Å². The molecule has 0 fully saturated rings. The summed E-state index contributed by atoms with van der Waals surface area (Å²) in [5.74, 6) is -0.176. The molecule has 0 spiro atoms. The topological polar surface area (TPSA) is 118 Å². The first kappa shape index (κ1) is 23.0. The lowest BCUT2D eigenvalue weighted by atomic mass is 10.1. The summed E-state index contributed by atoms with van der Waals surface area (Å²) in [6.07, 6.45) is 4.48. The molecule has 0 bridgehead atoms. The summed E-state index contributed by atoms with van der Waals surface area (Å²) < 4.78 is 29.0. The SMILES string of the molecule is Cc1ccc(NS(=O)(=O)Cc2ccccc2)c(=O)n1CC=CCc1ccc(C(=N)N)cc1. The van der Waals surface area contributed by atoms with Crippen LogP contribution >= 0.6 is 0 Å². The number of sulfonamides is 1. The number of nitrogens with two attached hydrogens (primary N) is 1. The molecular formula is C24H26N4O3S. The number of nitrogen functional groups attached to an aromatic ring is 1. The van der Waals surface area contributed by atoms with Gasteiger partial charge in [-0.1, -0.05) is 66.7 Å². The Balaban J connectivity index is 1.68. The number of aryl methyl sites for hydroxylation is 1. The van der Waals surface area contributed by atoms with Gasteiger partial charge in [0.2, 0.25) is 10.0 Å². The largest absolute Gasteiger partial charge is 0.384 e. The summed E-state index contributed by atoms with van der Waals surface area (Å²) in [7, 11) is -3.72. The number of anilines is 1. The van der Waals surface area contributed by atoms with Crippen molar-refractivity contribution in [1.82, 2.24) is 4.57 Å². The van der Waals surface area contributed by atoms with E-state index in [9.17, 15) is 13.2 Å². The molecule has 3 rings (SSSR count). The van der Waals surface area contributed by atoms with Gasteiger partial charge in [-0.2, -0.15) is 0 Å². The van der Waals surface area contributed by atoms with Crippen molar-refractivity contribution in [1.29, 1.82) is 5.41 Å². The molecule has 0 radical (unpaired) electrons. The normalized spacial score (nSPS) is 11.5. The van der Waals surface area contributed by atoms with E-state index in [1.807, 2.05) is 30.4 Å². The number of hydrogen-bond donors (Lipinski definition) is 3. The van der Waals surface area contributed by atoms with Crippen LogP contribution in [0, 0.1) is 12.3 Å². The Hall–Kier alpha value is -3.65. The van der Waals surface area contributed by atoms with E-state index in [-0.39, 0.29) is 17.3 Å². The predicted octanol–water partition coefficient (Wildman–Crippen LogP) is 3.18. The van der Waals surface area contributed by atoms with Gasteiger partial charge in [0.1, 0.15) is 11.5 Å². The van der Waals surface area contributed by atoms with E-state index < -0.39 is 15.6 Å². The molecule has 0 saturated heterocycles. The Kier molecular flexibility index (Phi) is 7.27. The van der Waals surface area contributed by atoms with Crippen LogP contribution in [0.3, 0.4) is 0 Å². The summed E-state index contributed by atoms with van der Waals surface area (Å²) in [5, 5.41) is 7.43. The zero-order valence-corrected chi connectivity index (χ0v) is 18.6. The lowest BCUT2D eigenvalue weighted by Crippen LogP contribution is -2.27. The van der Waals surface area contributed by atoms with E-state index in [1.165, 1.54) is 10.6 Å². The molecule has 2 aromatic carbocycles. The monoisotopic (exact) mass is 450 g/mol. The van der Waals surface area contributed by atoms with E-state index in [0.717, 1.165) is 11.3 Å². The second-order valence-corrected chi connectivity index (χ2v) is 9.16. The van der Waals surface area contributed by atoms with Gasteiger partial charge in [-0.05, 0) is 36.6 Å². The van der Waals surface area contributed by atoms with Gasteiger partial charge < -0.3 is 10.3 Å². The quantitative estimate of drug-likeness (QED) is 0.264. The molecule has 32 heavy (non-hydrogen) atoms. The van der Waals surface area contributed by atoms with Crippen molar-refractivity contribution in [2.75, 3.05) is 4.72 Å². The predicted molar refractivity (Wildman–Crippen MR) is 128 cm³/mol. The Morgan fingerprint density at radius 3 is 2.34 bits per heavy atom. The van der Waals surface area contributed by atoms with Crippen molar-refractivity contribution < 1.29 is 8.42 Å². The minimum absolute atomic E-state index is 0.0275. The van der Waals surface area contributed by atoms with Crippen LogP contribution in [0.4, 0.5) is 5.69 Å². The molecule has 1 heterocycles. The van der Waals surface area contributed by atoms with E-state index in [1.54, 1.807) is 49.4 Å². The summed E-state index contributed by atoms with van der Waals surface area (Å²) in [6.45, 7) is 2.13. The lowest BCUT2D eigenvalue weighted by molar-refractivity contribution is 0.600. The second kappa shape index (κ2) is 10.1. The van der Waals surface area contributed by atoms with Crippen LogP contribution in [-0.2, 0) is 28.7 Å². The maximum atomic E-state index is 12.9. The van der Waals surface area contributed by atoms with Gasteiger partial charge in [0.15, 0.2) is 0 Å². The van der Waals surface area contributed by atoms with Crippen molar-refractivity contribution in [3.8, 4) is 0 Å².